The molecule has 2 aromatic carbocycles. The highest BCUT2D eigenvalue weighted by molar-refractivity contribution is 5.92. The molecule has 1 amide bonds. The van der Waals surface area contributed by atoms with Crippen LogP contribution in [0.1, 0.15) is 11.3 Å². The second kappa shape index (κ2) is 6.32. The molecular formula is C19H16N2O4. The Hall–Kier alpha value is -3.28. The zero-order chi connectivity index (χ0) is 17.2. The molecule has 0 aliphatic carbocycles. The summed E-state index contributed by atoms with van der Waals surface area (Å²) < 4.78 is 16.0. The van der Waals surface area contributed by atoms with Crippen LogP contribution in [0.2, 0.25) is 0 Å². The number of amides is 1. The normalized spacial score (nSPS) is 12.2. The van der Waals surface area contributed by atoms with Gasteiger partial charge < -0.3 is 19.3 Å². The zero-order valence-electron chi connectivity index (χ0n) is 13.6. The lowest BCUT2D eigenvalue weighted by atomic mass is 10.1. The first-order chi connectivity index (χ1) is 12.2. The van der Waals surface area contributed by atoms with E-state index in [1.165, 1.54) is 0 Å². The van der Waals surface area contributed by atoms with Crippen LogP contribution in [0.4, 0.5) is 5.69 Å². The number of carbonyl (C=O) groups is 1. The summed E-state index contributed by atoms with van der Waals surface area (Å²) in [6, 6.07) is 14.9. The predicted molar refractivity (Wildman–Crippen MR) is 91.6 cm³/mol. The molecule has 0 radical (unpaired) electrons. The van der Waals surface area contributed by atoms with Gasteiger partial charge in [0.05, 0.1) is 12.1 Å². The molecule has 0 unspecified atom stereocenters. The lowest BCUT2D eigenvalue weighted by Gasteiger charge is -2.03. The van der Waals surface area contributed by atoms with E-state index >= 15 is 0 Å². The molecule has 0 fully saturated rings. The molecule has 1 aromatic heterocycles. The maximum Gasteiger partial charge on any atom is 0.231 e. The summed E-state index contributed by atoms with van der Waals surface area (Å²) in [5.74, 6) is 1.82. The van der Waals surface area contributed by atoms with E-state index in [2.05, 4.69) is 10.5 Å². The highest BCUT2D eigenvalue weighted by Crippen LogP contribution is 2.36. The van der Waals surface area contributed by atoms with Crippen LogP contribution < -0.4 is 14.8 Å². The fourth-order valence-corrected chi connectivity index (χ4v) is 2.59. The molecule has 6 heteroatoms. The van der Waals surface area contributed by atoms with Crippen molar-refractivity contribution in [2.24, 2.45) is 0 Å². The van der Waals surface area contributed by atoms with E-state index in [1.807, 2.05) is 49.4 Å². The number of benzene rings is 2. The van der Waals surface area contributed by atoms with Crippen molar-refractivity contribution in [1.82, 2.24) is 5.16 Å². The van der Waals surface area contributed by atoms with Gasteiger partial charge in [0, 0.05) is 17.3 Å². The molecule has 0 atom stereocenters. The highest BCUT2D eigenvalue weighted by Gasteiger charge is 2.16. The number of anilines is 1. The minimum absolute atomic E-state index is 0.141. The quantitative estimate of drug-likeness (QED) is 0.788. The van der Waals surface area contributed by atoms with Crippen LogP contribution in [0.25, 0.3) is 11.3 Å². The van der Waals surface area contributed by atoms with Gasteiger partial charge in [0.2, 0.25) is 12.7 Å². The van der Waals surface area contributed by atoms with Crippen molar-refractivity contribution in [3.05, 3.63) is 59.8 Å². The topological polar surface area (TPSA) is 73.6 Å². The first-order valence-corrected chi connectivity index (χ1v) is 7.89. The van der Waals surface area contributed by atoms with Crippen molar-refractivity contribution in [3.63, 3.8) is 0 Å². The number of ether oxygens (including phenoxy) is 2. The molecule has 25 heavy (non-hydrogen) atoms. The Bertz CT molecular complexity index is 915. The summed E-state index contributed by atoms with van der Waals surface area (Å²) >= 11 is 0. The zero-order valence-corrected chi connectivity index (χ0v) is 13.6. The van der Waals surface area contributed by atoms with E-state index < -0.39 is 0 Å². The number of fused-ring (bicyclic) bond motifs is 1. The molecule has 3 aromatic rings. The van der Waals surface area contributed by atoms with Crippen molar-refractivity contribution >= 4 is 11.6 Å². The fraction of sp³-hybridized carbons (Fsp3) is 0.158. The lowest BCUT2D eigenvalue weighted by molar-refractivity contribution is -0.115. The SMILES string of the molecule is Cc1ccc(NC(=O)Cc2cc(-c3ccc4c(c3)OCO4)on2)cc1. The highest BCUT2D eigenvalue weighted by atomic mass is 16.7. The number of rotatable bonds is 4. The third-order valence-corrected chi connectivity index (χ3v) is 3.89. The van der Waals surface area contributed by atoms with Crippen LogP contribution in [0.15, 0.2) is 53.1 Å². The number of nitrogens with one attached hydrogen (secondary N) is 1. The Labute approximate surface area is 144 Å². The van der Waals surface area contributed by atoms with Crippen LogP contribution in [0, 0.1) is 6.92 Å². The number of hydrogen-bond acceptors (Lipinski definition) is 5. The van der Waals surface area contributed by atoms with Gasteiger partial charge in [0.25, 0.3) is 0 Å². The van der Waals surface area contributed by atoms with E-state index in [0.29, 0.717) is 23.0 Å². The summed E-state index contributed by atoms with van der Waals surface area (Å²) in [5.41, 5.74) is 3.29. The average molecular weight is 336 g/mol. The molecule has 0 saturated carbocycles. The number of aromatic nitrogens is 1. The van der Waals surface area contributed by atoms with Crippen molar-refractivity contribution in [2.45, 2.75) is 13.3 Å². The van der Waals surface area contributed by atoms with Gasteiger partial charge in [-0.05, 0) is 37.3 Å². The Kier molecular flexibility index (Phi) is 3.85. The summed E-state index contributed by atoms with van der Waals surface area (Å²) in [7, 11) is 0. The van der Waals surface area contributed by atoms with Gasteiger partial charge in [0.15, 0.2) is 17.3 Å². The monoisotopic (exact) mass is 336 g/mol. The van der Waals surface area contributed by atoms with Crippen molar-refractivity contribution in [2.75, 3.05) is 12.1 Å². The molecule has 0 bridgehead atoms. The average Bonchev–Trinajstić information content (AvgIpc) is 3.25. The van der Waals surface area contributed by atoms with Gasteiger partial charge >= 0.3 is 0 Å². The summed E-state index contributed by atoms with van der Waals surface area (Å²) in [4.78, 5) is 12.1. The number of carbonyl (C=O) groups excluding carboxylic acids is 1. The lowest BCUT2D eigenvalue weighted by Crippen LogP contribution is -2.14. The van der Waals surface area contributed by atoms with E-state index in [-0.39, 0.29) is 19.1 Å². The molecule has 4 rings (SSSR count). The smallest absolute Gasteiger partial charge is 0.231 e. The summed E-state index contributed by atoms with van der Waals surface area (Å²) in [6.45, 7) is 2.22. The minimum atomic E-state index is -0.144. The van der Waals surface area contributed by atoms with Gasteiger partial charge in [-0.1, -0.05) is 22.9 Å². The van der Waals surface area contributed by atoms with Gasteiger partial charge in [-0.2, -0.15) is 0 Å². The van der Waals surface area contributed by atoms with Crippen LogP contribution in [-0.4, -0.2) is 17.9 Å². The van der Waals surface area contributed by atoms with Crippen molar-refractivity contribution in [1.29, 1.82) is 0 Å². The second-order valence-electron chi connectivity index (χ2n) is 5.84. The predicted octanol–water partition coefficient (Wildman–Crippen LogP) is 3.56. The number of nitrogens with zero attached hydrogens (tertiary/aromatic N) is 1. The Morgan fingerprint density at radius 2 is 1.88 bits per heavy atom. The molecule has 1 N–H and O–H groups in total. The van der Waals surface area contributed by atoms with Crippen LogP contribution in [-0.2, 0) is 11.2 Å². The Morgan fingerprint density at radius 3 is 2.72 bits per heavy atom. The van der Waals surface area contributed by atoms with Crippen molar-refractivity contribution < 1.29 is 18.8 Å². The van der Waals surface area contributed by atoms with Crippen LogP contribution >= 0.6 is 0 Å². The fourth-order valence-electron chi connectivity index (χ4n) is 2.59. The molecule has 1 aliphatic rings. The first kappa shape index (κ1) is 15.3. The van der Waals surface area contributed by atoms with E-state index in [1.54, 1.807) is 6.07 Å². The van der Waals surface area contributed by atoms with Gasteiger partial charge in [-0.3, -0.25) is 4.79 Å². The first-order valence-electron chi connectivity index (χ1n) is 7.89. The molecule has 126 valence electrons. The van der Waals surface area contributed by atoms with E-state index in [9.17, 15) is 4.79 Å². The molecule has 0 saturated heterocycles. The van der Waals surface area contributed by atoms with Crippen LogP contribution in [0.3, 0.4) is 0 Å². The van der Waals surface area contributed by atoms with Gasteiger partial charge in [-0.15, -0.1) is 0 Å². The van der Waals surface area contributed by atoms with E-state index in [0.717, 1.165) is 16.8 Å². The van der Waals surface area contributed by atoms with Gasteiger partial charge in [0.1, 0.15) is 0 Å². The number of hydrogen-bond donors (Lipinski definition) is 1. The standard InChI is InChI=1S/C19H16N2O4/c1-12-2-5-14(6-3-12)20-19(22)10-15-9-17(25-21-15)13-4-7-16-18(8-13)24-11-23-16/h2-9H,10-11H2,1H3,(H,20,22). The molecule has 1 aliphatic heterocycles. The maximum atomic E-state index is 12.1. The largest absolute Gasteiger partial charge is 0.454 e. The third-order valence-electron chi connectivity index (χ3n) is 3.89. The summed E-state index contributed by atoms with van der Waals surface area (Å²) in [5, 5.41) is 6.82. The van der Waals surface area contributed by atoms with Gasteiger partial charge in [-0.25, -0.2) is 0 Å². The van der Waals surface area contributed by atoms with Crippen molar-refractivity contribution in [3.8, 4) is 22.8 Å². The molecule has 2 heterocycles. The molecule has 6 nitrogen and oxygen atoms in total. The minimum Gasteiger partial charge on any atom is -0.454 e. The van der Waals surface area contributed by atoms with Crippen LogP contribution in [0.5, 0.6) is 11.5 Å². The second-order valence-corrected chi connectivity index (χ2v) is 5.84. The molecule has 0 spiro atoms. The Balaban J connectivity index is 1.44. The number of aryl methyl sites for hydroxylation is 1. The third kappa shape index (κ3) is 3.33. The summed E-state index contributed by atoms with van der Waals surface area (Å²) in [6.07, 6.45) is 0.141. The molecular weight excluding hydrogens is 320 g/mol. The van der Waals surface area contributed by atoms with E-state index in [4.69, 9.17) is 14.0 Å². The maximum absolute atomic E-state index is 12.1. The Morgan fingerprint density at radius 1 is 1.08 bits per heavy atom.